The van der Waals surface area contributed by atoms with Gasteiger partial charge in [-0.3, -0.25) is 38.4 Å². The number of aliphatic hydroxyl groups is 1. The number of carboxylic acid groups (broad SMARTS) is 2. The largest absolute Gasteiger partial charge is 0.481 e. The second kappa shape index (κ2) is 23.2. The Balaban J connectivity index is 3.12. The number of carboxylic acids is 2. The lowest BCUT2D eigenvalue weighted by atomic mass is 10.0. The molecule has 0 aliphatic rings. The molecule has 0 aliphatic carbocycles. The SMILES string of the molecule is CC(C)C[C@H](NC(=O)[C@@H](NC(=O)[C@H](CCC(=O)O)NC(=O)[C@H](CC(C)C)NC(=O)CNC(=O)[C@H](Cc1cnc[nH]1)NC(=O)[C@@H](N)CC(N)=O)[C@@H](C)O)C(=O)O. The van der Waals surface area contributed by atoms with E-state index in [1.165, 1.54) is 12.5 Å². The highest BCUT2D eigenvalue weighted by Crippen LogP contribution is 2.09. The van der Waals surface area contributed by atoms with Crippen molar-refractivity contribution in [2.24, 2.45) is 23.3 Å². The number of nitrogens with one attached hydrogen (secondary N) is 7. The molecule has 0 bridgehead atoms. The van der Waals surface area contributed by atoms with Crippen LogP contribution in [0.25, 0.3) is 0 Å². The van der Waals surface area contributed by atoms with E-state index in [9.17, 15) is 58.5 Å². The lowest BCUT2D eigenvalue weighted by Crippen LogP contribution is -2.60. The zero-order valence-corrected chi connectivity index (χ0v) is 31.4. The Kier molecular flexibility index (Phi) is 20.0. The molecule has 0 aliphatic heterocycles. The molecule has 0 fully saturated rings. The van der Waals surface area contributed by atoms with Crippen LogP contribution in [0.3, 0.4) is 0 Å². The fourth-order valence-electron chi connectivity index (χ4n) is 5.07. The van der Waals surface area contributed by atoms with Crippen molar-refractivity contribution < 1.29 is 58.5 Å². The van der Waals surface area contributed by atoms with Gasteiger partial charge < -0.3 is 63.7 Å². The first-order chi connectivity index (χ1) is 25.6. The monoisotopic (exact) mass is 782 g/mol. The van der Waals surface area contributed by atoms with Crippen molar-refractivity contribution in [2.75, 3.05) is 6.54 Å². The average Bonchev–Trinajstić information content (AvgIpc) is 3.58. The van der Waals surface area contributed by atoms with Gasteiger partial charge in [-0.15, -0.1) is 0 Å². The number of hydrogen-bond acceptors (Lipinski definition) is 12. The number of aliphatic carboxylic acids is 2. The second-order valence-electron chi connectivity index (χ2n) is 13.8. The van der Waals surface area contributed by atoms with Crippen LogP contribution < -0.4 is 43.4 Å². The van der Waals surface area contributed by atoms with Gasteiger partial charge in [0, 0.05) is 24.7 Å². The van der Waals surface area contributed by atoms with E-state index in [2.05, 4.69) is 41.9 Å². The van der Waals surface area contributed by atoms with E-state index in [-0.39, 0.29) is 31.1 Å². The molecule has 1 rings (SSSR count). The number of primary amides is 1. The number of hydrogen-bond donors (Lipinski definition) is 12. The van der Waals surface area contributed by atoms with Crippen LogP contribution in [0.2, 0.25) is 0 Å². The third kappa shape index (κ3) is 18.3. The Morgan fingerprint density at radius 1 is 0.745 bits per heavy atom. The van der Waals surface area contributed by atoms with Crippen molar-refractivity contribution in [3.8, 4) is 0 Å². The molecular formula is C33H54N10O12. The molecule has 1 heterocycles. The summed E-state index contributed by atoms with van der Waals surface area (Å²) < 4.78 is 0. The first kappa shape index (κ1) is 47.4. The fraction of sp³-hybridized carbons (Fsp3) is 0.636. The zero-order chi connectivity index (χ0) is 42.0. The number of aromatic nitrogens is 2. The summed E-state index contributed by atoms with van der Waals surface area (Å²) in [6.07, 6.45) is -0.459. The van der Waals surface area contributed by atoms with Gasteiger partial charge >= 0.3 is 11.9 Å². The number of nitrogens with zero attached hydrogens (tertiary/aromatic N) is 1. The van der Waals surface area contributed by atoms with Crippen molar-refractivity contribution in [1.29, 1.82) is 0 Å². The number of carbonyl (C=O) groups excluding carboxylic acids is 7. The molecule has 14 N–H and O–H groups in total. The van der Waals surface area contributed by atoms with E-state index in [0.717, 1.165) is 6.92 Å². The molecule has 0 spiro atoms. The molecule has 308 valence electrons. The lowest BCUT2D eigenvalue weighted by molar-refractivity contribution is -0.143. The van der Waals surface area contributed by atoms with E-state index in [1.807, 2.05) is 0 Å². The predicted octanol–water partition coefficient (Wildman–Crippen LogP) is -3.88. The van der Waals surface area contributed by atoms with E-state index < -0.39 is 121 Å². The summed E-state index contributed by atoms with van der Waals surface area (Å²) in [7, 11) is 0. The zero-order valence-electron chi connectivity index (χ0n) is 31.4. The Morgan fingerprint density at radius 3 is 1.82 bits per heavy atom. The summed E-state index contributed by atoms with van der Waals surface area (Å²) in [5.41, 5.74) is 11.2. The van der Waals surface area contributed by atoms with Crippen LogP contribution in [-0.4, -0.2) is 127 Å². The first-order valence-corrected chi connectivity index (χ1v) is 17.5. The molecule has 1 aromatic rings. The fourth-order valence-corrected chi connectivity index (χ4v) is 5.07. The van der Waals surface area contributed by atoms with Gasteiger partial charge in [0.25, 0.3) is 0 Å². The minimum Gasteiger partial charge on any atom is -0.481 e. The van der Waals surface area contributed by atoms with Gasteiger partial charge in [0.2, 0.25) is 41.4 Å². The Hall–Kier alpha value is -5.64. The number of amides is 7. The first-order valence-electron chi connectivity index (χ1n) is 17.5. The van der Waals surface area contributed by atoms with Gasteiger partial charge in [-0.2, -0.15) is 0 Å². The maximum Gasteiger partial charge on any atom is 0.326 e. The summed E-state index contributed by atoms with van der Waals surface area (Å²) in [4.78, 5) is 119. The quantitative estimate of drug-likeness (QED) is 0.0452. The molecule has 0 saturated heterocycles. The van der Waals surface area contributed by atoms with Crippen molar-refractivity contribution in [1.82, 2.24) is 41.9 Å². The normalized spacial score (nSPS) is 14.9. The topological polar surface area (TPSA) is 367 Å². The molecule has 1 aromatic heterocycles. The Labute approximate surface area is 317 Å². The van der Waals surface area contributed by atoms with Crippen molar-refractivity contribution >= 4 is 53.3 Å². The highest BCUT2D eigenvalue weighted by atomic mass is 16.4. The number of aliphatic hydroxyl groups excluding tert-OH is 1. The van der Waals surface area contributed by atoms with E-state index in [4.69, 9.17) is 11.5 Å². The number of aromatic amines is 1. The molecule has 0 saturated carbocycles. The maximum absolute atomic E-state index is 13.5. The summed E-state index contributed by atoms with van der Waals surface area (Å²) in [5, 5.41) is 43.2. The molecule has 0 radical (unpaired) electrons. The molecule has 7 amide bonds. The van der Waals surface area contributed by atoms with Gasteiger partial charge in [-0.25, -0.2) is 9.78 Å². The molecule has 22 heteroatoms. The van der Waals surface area contributed by atoms with Gasteiger partial charge in [-0.05, 0) is 38.0 Å². The molecule has 0 aromatic carbocycles. The standard InChI is InChI=1S/C33H54N10O12/c1-15(2)8-21(39-25(46)13-37-29(50)22(10-18-12-36-14-38-18)41-28(49)19(34)11-24(35)45)31(52)40-20(6-7-26(47)48)30(51)43-27(17(5)44)32(53)42-23(33(54)55)9-16(3)4/h12,14-17,19-23,27,44H,6-11,13,34H2,1-5H3,(H2,35,45)(H,36,38)(H,37,50)(H,39,46)(H,40,52)(H,41,49)(H,42,53)(H,43,51)(H,47,48)(H,54,55)/t17-,19+,20+,21+,22+,23+,27+/m1/s1. The van der Waals surface area contributed by atoms with Crippen LogP contribution >= 0.6 is 0 Å². The summed E-state index contributed by atoms with van der Waals surface area (Å²) in [5.74, 6) is -9.46. The number of nitrogens with two attached hydrogens (primary N) is 2. The highest BCUT2D eigenvalue weighted by Gasteiger charge is 2.34. The Bertz CT molecular complexity index is 1500. The van der Waals surface area contributed by atoms with Crippen LogP contribution in [0.5, 0.6) is 0 Å². The number of H-pyrrole nitrogens is 1. The third-order valence-corrected chi connectivity index (χ3v) is 7.82. The third-order valence-electron chi connectivity index (χ3n) is 7.82. The lowest BCUT2D eigenvalue weighted by Gasteiger charge is -2.27. The molecule has 0 unspecified atom stereocenters. The minimum absolute atomic E-state index is 0.0141. The van der Waals surface area contributed by atoms with Crippen molar-refractivity contribution in [3.63, 3.8) is 0 Å². The summed E-state index contributed by atoms with van der Waals surface area (Å²) >= 11 is 0. The van der Waals surface area contributed by atoms with Crippen molar-refractivity contribution in [3.05, 3.63) is 18.2 Å². The smallest absolute Gasteiger partial charge is 0.326 e. The van der Waals surface area contributed by atoms with Crippen LogP contribution in [0.1, 0.15) is 72.4 Å². The van der Waals surface area contributed by atoms with E-state index in [0.29, 0.717) is 5.69 Å². The number of rotatable bonds is 25. The number of imidazole rings is 1. The van der Waals surface area contributed by atoms with Gasteiger partial charge in [0.15, 0.2) is 0 Å². The van der Waals surface area contributed by atoms with Crippen LogP contribution in [0.4, 0.5) is 0 Å². The Morgan fingerprint density at radius 2 is 1.31 bits per heavy atom. The van der Waals surface area contributed by atoms with Crippen LogP contribution in [0, 0.1) is 11.8 Å². The van der Waals surface area contributed by atoms with Crippen LogP contribution in [0.15, 0.2) is 12.5 Å². The van der Waals surface area contributed by atoms with E-state index in [1.54, 1.807) is 27.7 Å². The molecule has 55 heavy (non-hydrogen) atoms. The molecule has 22 nitrogen and oxygen atoms in total. The van der Waals surface area contributed by atoms with Gasteiger partial charge in [0.05, 0.1) is 31.4 Å². The average molecular weight is 783 g/mol. The van der Waals surface area contributed by atoms with Crippen molar-refractivity contribution in [2.45, 2.75) is 115 Å². The van der Waals surface area contributed by atoms with Crippen LogP contribution in [-0.2, 0) is 49.6 Å². The van der Waals surface area contributed by atoms with Gasteiger partial charge in [0.1, 0.15) is 30.2 Å². The second-order valence-corrected chi connectivity index (χ2v) is 13.8. The maximum atomic E-state index is 13.5. The minimum atomic E-state index is -1.69. The predicted molar refractivity (Wildman–Crippen MR) is 192 cm³/mol. The summed E-state index contributed by atoms with van der Waals surface area (Å²) in [6, 6.07) is -8.60. The highest BCUT2D eigenvalue weighted by molar-refractivity contribution is 5.97. The van der Waals surface area contributed by atoms with E-state index >= 15 is 0 Å². The molecule has 7 atom stereocenters. The molecular weight excluding hydrogens is 728 g/mol. The number of carbonyl (C=O) groups is 9. The summed E-state index contributed by atoms with van der Waals surface area (Å²) in [6.45, 7) is 7.38. The van der Waals surface area contributed by atoms with Gasteiger partial charge in [-0.1, -0.05) is 27.7 Å².